The van der Waals surface area contributed by atoms with E-state index in [1.54, 1.807) is 4.90 Å². The van der Waals surface area contributed by atoms with Crippen LogP contribution in [-0.4, -0.2) is 58.4 Å². The van der Waals surface area contributed by atoms with Crippen LogP contribution < -0.4 is 0 Å². The van der Waals surface area contributed by atoms with Crippen molar-refractivity contribution in [3.05, 3.63) is 60.2 Å². The second kappa shape index (κ2) is 9.37. The average molecular weight is 394 g/mol. The summed E-state index contributed by atoms with van der Waals surface area (Å²) in [6.07, 6.45) is 2.02. The van der Waals surface area contributed by atoms with E-state index in [0.29, 0.717) is 31.5 Å². The fourth-order valence-electron chi connectivity index (χ4n) is 3.86. The number of carboxylic acids is 1. The third kappa shape index (κ3) is 5.22. The standard InChI is InChI=1S/C23H26N2O4/c1-17(26)25(16-22(27)28)21-8-5-14-24(15-13-21)23(29)20-11-9-19(10-12-20)18-6-3-2-4-7-18/h2-4,6-7,9-12,21H,5,8,13-16H2,1H3,(H,27,28). The SMILES string of the molecule is CC(=O)N(CC(=O)O)C1CCCN(C(=O)c2ccc(-c3ccccc3)cc2)CC1. The minimum absolute atomic E-state index is 0.0297. The number of carbonyl (C=O) groups excluding carboxylic acids is 2. The molecule has 1 saturated heterocycles. The second-order valence-corrected chi connectivity index (χ2v) is 7.36. The molecule has 0 saturated carbocycles. The molecule has 1 atom stereocenters. The minimum Gasteiger partial charge on any atom is -0.480 e. The van der Waals surface area contributed by atoms with Gasteiger partial charge < -0.3 is 14.9 Å². The Morgan fingerprint density at radius 3 is 2.24 bits per heavy atom. The Hall–Kier alpha value is -3.15. The monoisotopic (exact) mass is 394 g/mol. The number of benzene rings is 2. The summed E-state index contributed by atoms with van der Waals surface area (Å²) in [7, 11) is 0. The molecule has 1 heterocycles. The van der Waals surface area contributed by atoms with Crippen molar-refractivity contribution >= 4 is 17.8 Å². The van der Waals surface area contributed by atoms with Gasteiger partial charge in [-0.1, -0.05) is 42.5 Å². The first kappa shape index (κ1) is 20.6. The number of rotatable bonds is 5. The Bertz CT molecular complexity index is 864. The number of carboxylic acid groups (broad SMARTS) is 1. The van der Waals surface area contributed by atoms with E-state index >= 15 is 0 Å². The molecule has 0 bridgehead atoms. The topological polar surface area (TPSA) is 77.9 Å². The molecule has 0 aromatic heterocycles. The lowest BCUT2D eigenvalue weighted by atomic mass is 10.0. The average Bonchev–Trinajstić information content (AvgIpc) is 2.98. The molecule has 0 radical (unpaired) electrons. The molecule has 1 unspecified atom stereocenters. The van der Waals surface area contributed by atoms with Crippen molar-refractivity contribution in [1.82, 2.24) is 9.80 Å². The lowest BCUT2D eigenvalue weighted by Gasteiger charge is -2.28. The Balaban J connectivity index is 1.66. The van der Waals surface area contributed by atoms with Crippen LogP contribution in [-0.2, 0) is 9.59 Å². The second-order valence-electron chi connectivity index (χ2n) is 7.36. The van der Waals surface area contributed by atoms with Crippen molar-refractivity contribution in [3.63, 3.8) is 0 Å². The summed E-state index contributed by atoms with van der Waals surface area (Å²) < 4.78 is 0. The molecule has 3 rings (SSSR count). The zero-order valence-corrected chi connectivity index (χ0v) is 16.6. The van der Waals surface area contributed by atoms with Crippen LogP contribution in [0.1, 0.15) is 36.5 Å². The van der Waals surface area contributed by atoms with Gasteiger partial charge in [-0.25, -0.2) is 0 Å². The smallest absolute Gasteiger partial charge is 0.323 e. The highest BCUT2D eigenvalue weighted by molar-refractivity contribution is 5.94. The molecule has 1 aliphatic rings. The minimum atomic E-state index is -1.02. The number of hydrogen-bond acceptors (Lipinski definition) is 3. The van der Waals surface area contributed by atoms with E-state index in [1.807, 2.05) is 54.6 Å². The predicted molar refractivity (Wildman–Crippen MR) is 110 cm³/mol. The largest absolute Gasteiger partial charge is 0.480 e. The van der Waals surface area contributed by atoms with Gasteiger partial charge in [0, 0.05) is 31.6 Å². The van der Waals surface area contributed by atoms with Gasteiger partial charge in [-0.2, -0.15) is 0 Å². The van der Waals surface area contributed by atoms with Crippen molar-refractivity contribution in [2.45, 2.75) is 32.2 Å². The van der Waals surface area contributed by atoms with E-state index in [0.717, 1.165) is 17.5 Å². The summed E-state index contributed by atoms with van der Waals surface area (Å²) in [6.45, 7) is 2.21. The Kier molecular flexibility index (Phi) is 6.65. The van der Waals surface area contributed by atoms with Gasteiger partial charge in [0.2, 0.25) is 5.91 Å². The van der Waals surface area contributed by atoms with Crippen LogP contribution in [0.4, 0.5) is 0 Å². The van der Waals surface area contributed by atoms with E-state index in [9.17, 15) is 14.4 Å². The van der Waals surface area contributed by atoms with Crippen molar-refractivity contribution in [2.24, 2.45) is 0 Å². The molecule has 6 nitrogen and oxygen atoms in total. The van der Waals surface area contributed by atoms with Crippen LogP contribution in [0.2, 0.25) is 0 Å². The van der Waals surface area contributed by atoms with Crippen LogP contribution in [0.5, 0.6) is 0 Å². The van der Waals surface area contributed by atoms with Crippen molar-refractivity contribution in [3.8, 4) is 11.1 Å². The van der Waals surface area contributed by atoms with E-state index in [-0.39, 0.29) is 24.4 Å². The van der Waals surface area contributed by atoms with E-state index in [4.69, 9.17) is 5.11 Å². The van der Waals surface area contributed by atoms with Gasteiger partial charge in [-0.3, -0.25) is 14.4 Å². The lowest BCUT2D eigenvalue weighted by molar-refractivity contribution is -0.145. The summed E-state index contributed by atoms with van der Waals surface area (Å²) >= 11 is 0. The quantitative estimate of drug-likeness (QED) is 0.844. The molecule has 1 aliphatic heterocycles. The molecule has 2 aromatic rings. The highest BCUT2D eigenvalue weighted by Gasteiger charge is 2.27. The summed E-state index contributed by atoms with van der Waals surface area (Å²) in [6, 6.07) is 17.4. The van der Waals surface area contributed by atoms with E-state index in [1.165, 1.54) is 11.8 Å². The van der Waals surface area contributed by atoms with Gasteiger partial charge in [-0.15, -0.1) is 0 Å². The van der Waals surface area contributed by atoms with E-state index < -0.39 is 5.97 Å². The molecular weight excluding hydrogens is 368 g/mol. The van der Waals surface area contributed by atoms with E-state index in [2.05, 4.69) is 0 Å². The number of carbonyl (C=O) groups is 3. The molecular formula is C23H26N2O4. The third-order valence-corrected chi connectivity index (χ3v) is 5.37. The first-order valence-electron chi connectivity index (χ1n) is 9.89. The Morgan fingerprint density at radius 1 is 0.966 bits per heavy atom. The molecule has 0 aliphatic carbocycles. The van der Waals surface area contributed by atoms with Crippen LogP contribution in [0.25, 0.3) is 11.1 Å². The normalized spacial score (nSPS) is 16.7. The predicted octanol–water partition coefficient (Wildman–Crippen LogP) is 3.28. The fourth-order valence-corrected chi connectivity index (χ4v) is 3.86. The zero-order valence-electron chi connectivity index (χ0n) is 16.6. The first-order chi connectivity index (χ1) is 14.0. The molecule has 2 aromatic carbocycles. The van der Waals surface area contributed by atoms with Gasteiger partial charge in [0.15, 0.2) is 0 Å². The Morgan fingerprint density at radius 2 is 1.62 bits per heavy atom. The zero-order chi connectivity index (χ0) is 20.8. The number of likely N-dealkylation sites (tertiary alicyclic amines) is 1. The maximum atomic E-state index is 12.9. The number of hydrogen-bond donors (Lipinski definition) is 1. The molecule has 152 valence electrons. The van der Waals surface area contributed by atoms with Crippen LogP contribution >= 0.6 is 0 Å². The lowest BCUT2D eigenvalue weighted by Crippen LogP contribution is -2.43. The van der Waals surface area contributed by atoms with Gasteiger partial charge >= 0.3 is 5.97 Å². The maximum Gasteiger partial charge on any atom is 0.323 e. The molecule has 1 N–H and O–H groups in total. The van der Waals surface area contributed by atoms with Crippen LogP contribution in [0.15, 0.2) is 54.6 Å². The molecule has 2 amide bonds. The van der Waals surface area contributed by atoms with Crippen molar-refractivity contribution in [2.75, 3.05) is 19.6 Å². The number of aliphatic carboxylic acids is 1. The fraction of sp³-hybridized carbons (Fsp3) is 0.348. The third-order valence-electron chi connectivity index (χ3n) is 5.37. The highest BCUT2D eigenvalue weighted by Crippen LogP contribution is 2.22. The Labute approximate surface area is 170 Å². The van der Waals surface area contributed by atoms with Crippen molar-refractivity contribution < 1.29 is 19.5 Å². The number of amides is 2. The summed E-state index contributed by atoms with van der Waals surface area (Å²) in [5, 5.41) is 9.07. The molecule has 1 fully saturated rings. The van der Waals surface area contributed by atoms with Gasteiger partial charge in [0.25, 0.3) is 5.91 Å². The van der Waals surface area contributed by atoms with Gasteiger partial charge in [0.05, 0.1) is 0 Å². The van der Waals surface area contributed by atoms with Gasteiger partial charge in [0.1, 0.15) is 6.54 Å². The molecule has 0 spiro atoms. The van der Waals surface area contributed by atoms with Crippen molar-refractivity contribution in [1.29, 1.82) is 0 Å². The van der Waals surface area contributed by atoms with Crippen LogP contribution in [0, 0.1) is 0 Å². The molecule has 29 heavy (non-hydrogen) atoms. The maximum absolute atomic E-state index is 12.9. The highest BCUT2D eigenvalue weighted by atomic mass is 16.4. The summed E-state index contributed by atoms with van der Waals surface area (Å²) in [5.41, 5.74) is 2.80. The van der Waals surface area contributed by atoms with Crippen LogP contribution in [0.3, 0.4) is 0 Å². The summed E-state index contributed by atoms with van der Waals surface area (Å²) in [4.78, 5) is 39.1. The first-order valence-corrected chi connectivity index (χ1v) is 9.89. The van der Waals surface area contributed by atoms with Gasteiger partial charge in [-0.05, 0) is 42.5 Å². The summed E-state index contributed by atoms with van der Waals surface area (Å²) in [5.74, 6) is -1.29. The number of nitrogens with zero attached hydrogens (tertiary/aromatic N) is 2. The molecule has 6 heteroatoms.